The first kappa shape index (κ1) is 14.7. The van der Waals surface area contributed by atoms with E-state index in [-0.39, 0.29) is 25.8 Å². The Kier molecular flexibility index (Phi) is 3.12. The minimum atomic E-state index is 0.0218. The molecule has 4 atom stereocenters. The molecule has 0 aromatic heterocycles. The molecule has 0 bridgehead atoms. The minimum absolute atomic E-state index is 0.0218. The zero-order valence-corrected chi connectivity index (χ0v) is 14.1. The van der Waals surface area contributed by atoms with Gasteiger partial charge in [-0.3, -0.25) is 0 Å². The molecule has 6 rings (SSSR count). The van der Waals surface area contributed by atoms with Gasteiger partial charge in [-0.1, -0.05) is 12.1 Å². The van der Waals surface area contributed by atoms with Gasteiger partial charge >= 0.3 is 0 Å². The lowest BCUT2D eigenvalue weighted by Gasteiger charge is -2.17. The predicted octanol–water partition coefficient (Wildman–Crippen LogP) is 3.22. The molecule has 0 N–H and O–H groups in total. The van der Waals surface area contributed by atoms with Gasteiger partial charge in [-0.05, 0) is 35.4 Å². The summed E-state index contributed by atoms with van der Waals surface area (Å²) in [5, 5.41) is 0. The average Bonchev–Trinajstić information content (AvgIpc) is 3.42. The Labute approximate surface area is 150 Å². The highest BCUT2D eigenvalue weighted by molar-refractivity contribution is 5.46. The molecule has 2 aromatic carbocycles. The lowest BCUT2D eigenvalue weighted by Crippen LogP contribution is -2.14. The Bertz CT molecular complexity index is 794. The second-order valence-electron chi connectivity index (χ2n) is 7.06. The van der Waals surface area contributed by atoms with Gasteiger partial charge in [-0.2, -0.15) is 0 Å². The summed E-state index contributed by atoms with van der Waals surface area (Å²) in [7, 11) is 0. The SMILES string of the molecule is c1cc2c(cc1C1OC[C@H]3C(c4ccc5c(c4)OCO5)OC[C@H]13)OCO2. The van der Waals surface area contributed by atoms with Crippen molar-refractivity contribution < 1.29 is 28.4 Å². The van der Waals surface area contributed by atoms with Crippen LogP contribution in [-0.4, -0.2) is 26.8 Å². The van der Waals surface area contributed by atoms with Crippen molar-refractivity contribution in [1.82, 2.24) is 0 Å². The van der Waals surface area contributed by atoms with E-state index in [9.17, 15) is 0 Å². The molecule has 0 spiro atoms. The van der Waals surface area contributed by atoms with Crippen molar-refractivity contribution in [2.75, 3.05) is 26.8 Å². The minimum Gasteiger partial charge on any atom is -0.454 e. The third-order valence-corrected chi connectivity index (χ3v) is 5.71. The van der Waals surface area contributed by atoms with Crippen LogP contribution in [0.4, 0.5) is 0 Å². The molecule has 4 heterocycles. The van der Waals surface area contributed by atoms with Gasteiger partial charge in [0, 0.05) is 11.8 Å². The standard InChI is InChI=1S/C20H18O6/c1-3-15-17(25-9-23-15)5-11(1)19-13-7-22-20(14(13)8-21-19)12-2-4-16-18(6-12)26-10-24-16/h1-6,13-14,19-20H,7-10H2/t13-,14+,19?,20?. The van der Waals surface area contributed by atoms with Gasteiger partial charge in [0.05, 0.1) is 25.4 Å². The van der Waals surface area contributed by atoms with Gasteiger partial charge in [-0.25, -0.2) is 0 Å². The Hall–Kier alpha value is -2.44. The fourth-order valence-corrected chi connectivity index (χ4v) is 4.41. The highest BCUT2D eigenvalue weighted by Crippen LogP contribution is 2.52. The first-order chi connectivity index (χ1) is 12.9. The zero-order valence-electron chi connectivity index (χ0n) is 14.1. The lowest BCUT2D eigenvalue weighted by atomic mass is 9.85. The molecular formula is C20H18O6. The topological polar surface area (TPSA) is 55.4 Å². The molecule has 2 fully saturated rings. The Morgan fingerprint density at radius 2 is 1.04 bits per heavy atom. The van der Waals surface area contributed by atoms with Crippen LogP contribution in [0.15, 0.2) is 36.4 Å². The number of hydrogen-bond donors (Lipinski definition) is 0. The van der Waals surface area contributed by atoms with Crippen LogP contribution in [0, 0.1) is 11.8 Å². The zero-order chi connectivity index (χ0) is 17.1. The number of ether oxygens (including phenoxy) is 6. The third kappa shape index (κ3) is 2.12. The van der Waals surface area contributed by atoms with Crippen LogP contribution >= 0.6 is 0 Å². The quantitative estimate of drug-likeness (QED) is 0.825. The number of benzene rings is 2. The maximum atomic E-state index is 6.18. The molecule has 0 amide bonds. The van der Waals surface area contributed by atoms with E-state index in [1.165, 1.54) is 0 Å². The number of hydrogen-bond acceptors (Lipinski definition) is 6. The van der Waals surface area contributed by atoms with Crippen LogP contribution in [0.3, 0.4) is 0 Å². The molecule has 6 heteroatoms. The van der Waals surface area contributed by atoms with E-state index in [1.54, 1.807) is 0 Å². The fourth-order valence-electron chi connectivity index (χ4n) is 4.41. The maximum Gasteiger partial charge on any atom is 0.231 e. The van der Waals surface area contributed by atoms with E-state index >= 15 is 0 Å². The average molecular weight is 354 g/mol. The molecule has 6 nitrogen and oxygen atoms in total. The molecule has 0 saturated carbocycles. The lowest BCUT2D eigenvalue weighted by molar-refractivity contribution is 0.0192. The predicted molar refractivity (Wildman–Crippen MR) is 89.5 cm³/mol. The third-order valence-electron chi connectivity index (χ3n) is 5.71. The van der Waals surface area contributed by atoms with Crippen molar-refractivity contribution in [3.8, 4) is 23.0 Å². The summed E-state index contributed by atoms with van der Waals surface area (Å²) in [6.07, 6.45) is 0.0435. The molecule has 0 radical (unpaired) electrons. The van der Waals surface area contributed by atoms with Gasteiger partial charge in [0.15, 0.2) is 23.0 Å². The molecule has 134 valence electrons. The first-order valence-electron chi connectivity index (χ1n) is 8.89. The van der Waals surface area contributed by atoms with Crippen LogP contribution in [0.5, 0.6) is 23.0 Å². The van der Waals surface area contributed by atoms with Crippen LogP contribution in [0.2, 0.25) is 0 Å². The molecule has 4 aliphatic heterocycles. The Balaban J connectivity index is 1.27. The van der Waals surface area contributed by atoms with Crippen LogP contribution in [0.1, 0.15) is 23.3 Å². The normalized spacial score (nSPS) is 30.6. The van der Waals surface area contributed by atoms with Crippen molar-refractivity contribution in [3.63, 3.8) is 0 Å². The van der Waals surface area contributed by atoms with Gasteiger partial charge in [-0.15, -0.1) is 0 Å². The maximum absolute atomic E-state index is 6.18. The summed E-state index contributed by atoms with van der Waals surface area (Å²) in [5.41, 5.74) is 2.24. The number of rotatable bonds is 2. The van der Waals surface area contributed by atoms with Crippen molar-refractivity contribution >= 4 is 0 Å². The largest absolute Gasteiger partial charge is 0.454 e. The Morgan fingerprint density at radius 3 is 1.54 bits per heavy atom. The molecule has 2 saturated heterocycles. The van der Waals surface area contributed by atoms with Gasteiger partial charge < -0.3 is 28.4 Å². The van der Waals surface area contributed by atoms with Crippen LogP contribution < -0.4 is 18.9 Å². The fraction of sp³-hybridized carbons (Fsp3) is 0.400. The van der Waals surface area contributed by atoms with E-state index in [0.29, 0.717) is 25.0 Å². The summed E-state index contributed by atoms with van der Waals surface area (Å²) in [5.74, 6) is 3.83. The van der Waals surface area contributed by atoms with Gasteiger partial charge in [0.1, 0.15) is 0 Å². The first-order valence-corrected chi connectivity index (χ1v) is 8.89. The smallest absolute Gasteiger partial charge is 0.231 e. The summed E-state index contributed by atoms with van der Waals surface area (Å²) in [6.45, 7) is 1.93. The molecule has 4 aliphatic rings. The van der Waals surface area contributed by atoms with Crippen molar-refractivity contribution in [2.24, 2.45) is 11.8 Å². The van der Waals surface area contributed by atoms with Crippen LogP contribution in [-0.2, 0) is 9.47 Å². The van der Waals surface area contributed by atoms with E-state index in [2.05, 4.69) is 12.1 Å². The molecule has 0 aliphatic carbocycles. The van der Waals surface area contributed by atoms with E-state index in [0.717, 1.165) is 34.1 Å². The van der Waals surface area contributed by atoms with Gasteiger partial charge in [0.2, 0.25) is 13.6 Å². The molecule has 2 aromatic rings. The summed E-state index contributed by atoms with van der Waals surface area (Å²) in [4.78, 5) is 0. The van der Waals surface area contributed by atoms with E-state index in [4.69, 9.17) is 28.4 Å². The van der Waals surface area contributed by atoms with Crippen molar-refractivity contribution in [2.45, 2.75) is 12.2 Å². The van der Waals surface area contributed by atoms with Crippen LogP contribution in [0.25, 0.3) is 0 Å². The summed E-state index contributed by atoms with van der Waals surface area (Å²) < 4.78 is 34.2. The van der Waals surface area contributed by atoms with E-state index < -0.39 is 0 Å². The second kappa shape index (κ2) is 5.53. The van der Waals surface area contributed by atoms with E-state index in [1.807, 2.05) is 24.3 Å². The second-order valence-corrected chi connectivity index (χ2v) is 7.06. The molecule has 2 unspecified atom stereocenters. The monoisotopic (exact) mass is 354 g/mol. The highest BCUT2D eigenvalue weighted by atomic mass is 16.7. The summed E-state index contributed by atoms with van der Waals surface area (Å²) in [6, 6.07) is 12.1. The number of fused-ring (bicyclic) bond motifs is 3. The molecular weight excluding hydrogens is 336 g/mol. The van der Waals surface area contributed by atoms with Gasteiger partial charge in [0.25, 0.3) is 0 Å². The summed E-state index contributed by atoms with van der Waals surface area (Å²) >= 11 is 0. The Morgan fingerprint density at radius 1 is 0.577 bits per heavy atom. The van der Waals surface area contributed by atoms with Crippen molar-refractivity contribution in [1.29, 1.82) is 0 Å². The molecule has 26 heavy (non-hydrogen) atoms. The highest BCUT2D eigenvalue weighted by Gasteiger charge is 2.48. The van der Waals surface area contributed by atoms with Crippen molar-refractivity contribution in [3.05, 3.63) is 47.5 Å².